The minimum atomic E-state index is -1.97. The molecule has 0 saturated carbocycles. The second kappa shape index (κ2) is 52.8. The number of allylic oxidation sites excluding steroid dienone is 1. The van der Waals surface area contributed by atoms with Gasteiger partial charge in [-0.05, 0) is 19.3 Å². The molecule has 3 aliphatic rings. The molecule has 19 heteroatoms. The highest BCUT2D eigenvalue weighted by molar-refractivity contribution is 5.76. The maximum Gasteiger partial charge on any atom is 0.220 e. The molecule has 0 aromatic carbocycles. The molecule has 17 unspecified atom stereocenters. The molecule has 17 atom stereocenters. The zero-order chi connectivity index (χ0) is 64.7. The Labute approximate surface area is 537 Å². The number of hydrogen-bond donors (Lipinski definition) is 12. The van der Waals surface area contributed by atoms with Gasteiger partial charge in [0.25, 0.3) is 0 Å². The molecule has 3 saturated heterocycles. The molecular weight excluding hydrogens is 1140 g/mol. The van der Waals surface area contributed by atoms with Crippen molar-refractivity contribution in [2.24, 2.45) is 0 Å². The van der Waals surface area contributed by atoms with E-state index in [1.807, 2.05) is 6.08 Å². The van der Waals surface area contributed by atoms with Gasteiger partial charge in [0.05, 0.1) is 38.6 Å². The summed E-state index contributed by atoms with van der Waals surface area (Å²) in [5.74, 6) is -0.274. The Morgan fingerprint density at radius 2 is 0.697 bits per heavy atom. The smallest absolute Gasteiger partial charge is 0.220 e. The molecule has 0 aromatic rings. The lowest BCUT2D eigenvalue weighted by atomic mass is 9.96. The summed E-state index contributed by atoms with van der Waals surface area (Å²) in [6.07, 6.45) is 33.0. The third-order valence-corrected chi connectivity index (χ3v) is 18.6. The molecule has 0 aliphatic carbocycles. The molecule has 3 fully saturated rings. The van der Waals surface area contributed by atoms with Crippen LogP contribution in [0.5, 0.6) is 0 Å². The highest BCUT2D eigenvalue weighted by Gasteiger charge is 2.53. The minimum Gasteiger partial charge on any atom is -0.394 e. The number of unbranched alkanes of at least 4 members (excludes halogenated alkanes) is 41. The van der Waals surface area contributed by atoms with Crippen molar-refractivity contribution < 1.29 is 89.4 Å². The van der Waals surface area contributed by atoms with Crippen molar-refractivity contribution in [2.75, 3.05) is 26.4 Å². The second-order valence-corrected chi connectivity index (χ2v) is 26.4. The molecule has 0 radical (unpaired) electrons. The Morgan fingerprint density at radius 3 is 1.06 bits per heavy atom. The van der Waals surface area contributed by atoms with Gasteiger partial charge in [-0.15, -0.1) is 0 Å². The van der Waals surface area contributed by atoms with E-state index in [2.05, 4.69) is 19.2 Å². The Hall–Kier alpha value is -1.47. The van der Waals surface area contributed by atoms with E-state index >= 15 is 0 Å². The Morgan fingerprint density at radius 1 is 0.393 bits per heavy atom. The van der Waals surface area contributed by atoms with E-state index in [4.69, 9.17) is 28.4 Å². The Balaban J connectivity index is 1.24. The summed E-state index contributed by atoms with van der Waals surface area (Å²) in [5, 5.41) is 120. The van der Waals surface area contributed by atoms with E-state index in [9.17, 15) is 61.0 Å². The number of rotatable bonds is 57. The first kappa shape index (κ1) is 81.8. The number of nitrogens with one attached hydrogen (secondary N) is 1. The van der Waals surface area contributed by atoms with Gasteiger partial charge in [-0.25, -0.2) is 0 Å². The molecule has 526 valence electrons. The lowest BCUT2D eigenvalue weighted by Gasteiger charge is -2.48. The second-order valence-electron chi connectivity index (χ2n) is 26.4. The van der Waals surface area contributed by atoms with Crippen LogP contribution >= 0.6 is 0 Å². The monoisotopic (exact) mass is 1280 g/mol. The largest absolute Gasteiger partial charge is 0.394 e. The van der Waals surface area contributed by atoms with Crippen LogP contribution < -0.4 is 5.32 Å². The Kier molecular flexibility index (Phi) is 48.5. The van der Waals surface area contributed by atoms with E-state index in [1.165, 1.54) is 212 Å². The molecule has 1 amide bonds. The van der Waals surface area contributed by atoms with Crippen molar-refractivity contribution in [2.45, 2.75) is 401 Å². The topological polar surface area (TPSA) is 307 Å². The molecule has 3 rings (SSSR count). The Bertz CT molecular complexity index is 1670. The summed E-state index contributed by atoms with van der Waals surface area (Å²) >= 11 is 0. The minimum absolute atomic E-state index is 0.248. The molecule has 3 aliphatic heterocycles. The normalized spacial score (nSPS) is 28.2. The van der Waals surface area contributed by atoms with Gasteiger partial charge in [-0.2, -0.15) is 0 Å². The fraction of sp³-hybridized carbons (Fsp3) is 0.957. The standard InChI is InChI=1S/C70H133NO18/c1-3-5-7-9-11-12-13-14-15-16-17-18-19-20-21-22-23-24-25-26-27-28-29-30-31-32-33-34-35-36-37-38-39-40-42-44-46-48-58(76)71-53(54(75)47-45-43-41-10-8-6-4-2)52-84-68-64(82)61(79)66(56(50-73)86-68)89-70-65(83)62(80)67(57(51-74)87-70)88-69-63(81)60(78)59(77)55(49-72)85-69/h45,47,53-57,59-70,72-75,77-83H,3-44,46,48-52H2,1-2H3,(H,71,76)/b47-45+. The summed E-state index contributed by atoms with van der Waals surface area (Å²) in [4.78, 5) is 13.3. The maximum atomic E-state index is 13.3. The lowest BCUT2D eigenvalue weighted by Crippen LogP contribution is -2.66. The first-order chi connectivity index (χ1) is 43.3. The van der Waals surface area contributed by atoms with Gasteiger partial charge in [0.2, 0.25) is 5.91 Å². The predicted molar refractivity (Wildman–Crippen MR) is 347 cm³/mol. The van der Waals surface area contributed by atoms with Crippen molar-refractivity contribution in [3.8, 4) is 0 Å². The maximum absolute atomic E-state index is 13.3. The summed E-state index contributed by atoms with van der Waals surface area (Å²) in [5.41, 5.74) is 0. The van der Waals surface area contributed by atoms with Crippen LogP contribution in [0, 0.1) is 0 Å². The van der Waals surface area contributed by atoms with Crippen LogP contribution in [0.2, 0.25) is 0 Å². The summed E-state index contributed by atoms with van der Waals surface area (Å²) in [6, 6.07) is -0.966. The predicted octanol–water partition coefficient (Wildman–Crippen LogP) is 10.1. The summed E-state index contributed by atoms with van der Waals surface area (Å²) in [6.45, 7) is 1.68. The zero-order valence-electron chi connectivity index (χ0n) is 55.7. The fourth-order valence-corrected chi connectivity index (χ4v) is 12.7. The van der Waals surface area contributed by atoms with Gasteiger partial charge >= 0.3 is 0 Å². The van der Waals surface area contributed by atoms with E-state index in [0.717, 1.165) is 57.8 Å². The van der Waals surface area contributed by atoms with E-state index in [-0.39, 0.29) is 18.9 Å². The van der Waals surface area contributed by atoms with Gasteiger partial charge < -0.3 is 89.9 Å². The van der Waals surface area contributed by atoms with Crippen LogP contribution in [-0.4, -0.2) is 193 Å². The van der Waals surface area contributed by atoms with Crippen LogP contribution in [0.25, 0.3) is 0 Å². The molecule has 19 nitrogen and oxygen atoms in total. The van der Waals surface area contributed by atoms with Gasteiger partial charge in [-0.1, -0.05) is 283 Å². The van der Waals surface area contributed by atoms with Crippen molar-refractivity contribution in [3.05, 3.63) is 12.2 Å². The summed E-state index contributed by atoms with van der Waals surface area (Å²) < 4.78 is 34.2. The number of hydrogen-bond acceptors (Lipinski definition) is 18. The number of aliphatic hydroxyl groups is 11. The SMILES string of the molecule is CCCCCCC/C=C/C(O)C(COC1OC(CO)C(OC2OC(CO)C(OC3OC(CO)C(O)C(O)C3O)C(O)C2O)C(O)C1O)NC(=O)CCCCCCCCCCCCCCCCCCCCCCCCCCCCCCCCCCCCCCC. The molecule has 0 bridgehead atoms. The van der Waals surface area contributed by atoms with Gasteiger partial charge in [-0.3, -0.25) is 4.79 Å². The fourth-order valence-electron chi connectivity index (χ4n) is 12.7. The number of amides is 1. The molecule has 3 heterocycles. The van der Waals surface area contributed by atoms with Gasteiger partial charge in [0.1, 0.15) is 73.2 Å². The van der Waals surface area contributed by atoms with E-state index < -0.39 is 124 Å². The summed E-state index contributed by atoms with van der Waals surface area (Å²) in [7, 11) is 0. The highest BCUT2D eigenvalue weighted by Crippen LogP contribution is 2.33. The number of carbonyl (C=O) groups is 1. The van der Waals surface area contributed by atoms with Crippen molar-refractivity contribution >= 4 is 5.91 Å². The van der Waals surface area contributed by atoms with E-state index in [0.29, 0.717) is 6.42 Å². The molecular formula is C70H133NO18. The van der Waals surface area contributed by atoms with Crippen molar-refractivity contribution in [3.63, 3.8) is 0 Å². The highest BCUT2D eigenvalue weighted by atomic mass is 16.8. The van der Waals surface area contributed by atoms with Gasteiger partial charge in [0, 0.05) is 6.42 Å². The third kappa shape index (κ3) is 34.7. The zero-order valence-corrected chi connectivity index (χ0v) is 55.7. The van der Waals surface area contributed by atoms with E-state index in [1.54, 1.807) is 6.08 Å². The molecule has 0 spiro atoms. The first-order valence-corrected chi connectivity index (χ1v) is 36.4. The third-order valence-electron chi connectivity index (χ3n) is 18.6. The first-order valence-electron chi connectivity index (χ1n) is 36.4. The quantitative estimate of drug-likeness (QED) is 0.0199. The number of carbonyl (C=O) groups excluding carboxylic acids is 1. The molecule has 0 aromatic heterocycles. The van der Waals surface area contributed by atoms with Crippen molar-refractivity contribution in [1.82, 2.24) is 5.32 Å². The van der Waals surface area contributed by atoms with Crippen LogP contribution in [0.1, 0.15) is 296 Å². The molecule has 89 heavy (non-hydrogen) atoms. The van der Waals surface area contributed by atoms with Crippen LogP contribution in [0.15, 0.2) is 12.2 Å². The molecule has 12 N–H and O–H groups in total. The van der Waals surface area contributed by atoms with Crippen LogP contribution in [-0.2, 0) is 33.2 Å². The lowest BCUT2D eigenvalue weighted by molar-refractivity contribution is -0.379. The number of aliphatic hydroxyl groups excluding tert-OH is 11. The van der Waals surface area contributed by atoms with Crippen LogP contribution in [0.4, 0.5) is 0 Å². The van der Waals surface area contributed by atoms with Gasteiger partial charge in [0.15, 0.2) is 18.9 Å². The van der Waals surface area contributed by atoms with Crippen molar-refractivity contribution in [1.29, 1.82) is 0 Å². The number of ether oxygens (including phenoxy) is 6. The average Bonchev–Trinajstić information content (AvgIpc) is 2.14. The average molecular weight is 1280 g/mol. The van der Waals surface area contributed by atoms with Crippen LogP contribution in [0.3, 0.4) is 0 Å².